The topological polar surface area (TPSA) is 73.5 Å². The van der Waals surface area contributed by atoms with Crippen molar-refractivity contribution in [2.45, 2.75) is 30.7 Å². The predicted octanol–water partition coefficient (Wildman–Crippen LogP) is 3.80. The second-order valence-corrected chi connectivity index (χ2v) is 10.3. The summed E-state index contributed by atoms with van der Waals surface area (Å²) in [5.41, 5.74) is 3.90. The van der Waals surface area contributed by atoms with E-state index in [1.165, 1.54) is 0 Å². The number of sulfonamides is 1. The Morgan fingerprint density at radius 3 is 2.52 bits per heavy atom. The number of para-hydroxylation sites is 1. The molecule has 1 N–H and O–H groups in total. The van der Waals surface area contributed by atoms with Gasteiger partial charge in [0.1, 0.15) is 0 Å². The number of H-pyrrole nitrogens is 1. The number of fused-ring (bicyclic) bond motifs is 3. The second kappa shape index (κ2) is 6.97. The van der Waals surface area contributed by atoms with Gasteiger partial charge in [-0.25, -0.2) is 8.42 Å². The molecular formula is C21H20BrN3O3S. The molecule has 8 heteroatoms. The van der Waals surface area contributed by atoms with Crippen molar-refractivity contribution >= 4 is 48.5 Å². The van der Waals surface area contributed by atoms with Crippen molar-refractivity contribution in [1.82, 2.24) is 9.29 Å². The van der Waals surface area contributed by atoms with Crippen LogP contribution in [0, 0.1) is 0 Å². The van der Waals surface area contributed by atoms with E-state index in [-0.39, 0.29) is 10.8 Å². The first-order valence-electron chi connectivity index (χ1n) is 9.64. The van der Waals surface area contributed by atoms with Gasteiger partial charge >= 0.3 is 0 Å². The number of aromatic nitrogens is 1. The lowest BCUT2D eigenvalue weighted by Gasteiger charge is -2.26. The molecule has 1 amide bonds. The van der Waals surface area contributed by atoms with Crippen LogP contribution in [-0.2, 0) is 27.8 Å². The standard InChI is InChI=1S/C21H20BrN3O3S/c22-18-4-1-3-16-17-13-24(12-10-19(17)23-21(16)18)29(27,28)15-8-6-14(7-9-15)25-11-2-5-20(25)26/h1,3-4,6-9,23H,2,5,10-13H2. The number of hydrogen-bond acceptors (Lipinski definition) is 3. The van der Waals surface area contributed by atoms with Crippen LogP contribution in [0.3, 0.4) is 0 Å². The molecule has 2 aliphatic heterocycles. The van der Waals surface area contributed by atoms with Gasteiger partial charge in [0.05, 0.1) is 10.4 Å². The summed E-state index contributed by atoms with van der Waals surface area (Å²) >= 11 is 3.56. The normalized spacial score (nSPS) is 17.8. The lowest BCUT2D eigenvalue weighted by atomic mass is 10.1. The fourth-order valence-corrected chi connectivity index (χ4v) is 6.13. The first-order valence-corrected chi connectivity index (χ1v) is 11.9. The van der Waals surface area contributed by atoms with Crippen LogP contribution < -0.4 is 4.90 Å². The van der Waals surface area contributed by atoms with Gasteiger partial charge in [0, 0.05) is 53.7 Å². The third kappa shape index (κ3) is 3.10. The molecule has 0 bridgehead atoms. The maximum atomic E-state index is 13.2. The molecule has 3 aromatic rings. The molecular weight excluding hydrogens is 454 g/mol. The molecule has 0 spiro atoms. The molecule has 1 saturated heterocycles. The van der Waals surface area contributed by atoms with Crippen LogP contribution in [0.2, 0.25) is 0 Å². The highest BCUT2D eigenvalue weighted by Crippen LogP contribution is 2.34. The van der Waals surface area contributed by atoms with Crippen LogP contribution in [0.5, 0.6) is 0 Å². The second-order valence-electron chi connectivity index (χ2n) is 7.48. The number of halogens is 1. The zero-order chi connectivity index (χ0) is 20.2. The highest BCUT2D eigenvalue weighted by Gasteiger charge is 2.31. The Balaban J connectivity index is 1.44. The van der Waals surface area contributed by atoms with Gasteiger partial charge in [-0.2, -0.15) is 4.31 Å². The number of benzene rings is 2. The average molecular weight is 474 g/mol. The Kier molecular flexibility index (Phi) is 4.53. The number of aromatic amines is 1. The molecule has 2 aliphatic rings. The fourth-order valence-electron chi connectivity index (χ4n) is 4.25. The lowest BCUT2D eigenvalue weighted by Crippen LogP contribution is -2.35. The summed E-state index contributed by atoms with van der Waals surface area (Å²) in [6.45, 7) is 1.47. The maximum absolute atomic E-state index is 13.2. The molecule has 29 heavy (non-hydrogen) atoms. The Hall–Kier alpha value is -2.16. The molecule has 3 heterocycles. The van der Waals surface area contributed by atoms with Crippen LogP contribution in [0.1, 0.15) is 24.1 Å². The summed E-state index contributed by atoms with van der Waals surface area (Å²) in [5, 5.41) is 1.05. The minimum atomic E-state index is -3.61. The quantitative estimate of drug-likeness (QED) is 0.628. The minimum Gasteiger partial charge on any atom is -0.357 e. The monoisotopic (exact) mass is 473 g/mol. The molecule has 6 nitrogen and oxygen atoms in total. The summed E-state index contributed by atoms with van der Waals surface area (Å²) in [4.78, 5) is 17.3. The van der Waals surface area contributed by atoms with Crippen molar-refractivity contribution in [2.75, 3.05) is 18.0 Å². The van der Waals surface area contributed by atoms with Gasteiger partial charge in [-0.1, -0.05) is 12.1 Å². The maximum Gasteiger partial charge on any atom is 0.243 e. The van der Waals surface area contributed by atoms with Crippen LogP contribution in [0.15, 0.2) is 51.8 Å². The van der Waals surface area contributed by atoms with Crippen LogP contribution in [0.4, 0.5) is 5.69 Å². The van der Waals surface area contributed by atoms with E-state index >= 15 is 0 Å². The fraction of sp³-hybridized carbons (Fsp3) is 0.286. The summed E-state index contributed by atoms with van der Waals surface area (Å²) in [7, 11) is -3.61. The van der Waals surface area contributed by atoms with Gasteiger partial charge in [-0.3, -0.25) is 4.79 Å². The molecule has 5 rings (SSSR count). The smallest absolute Gasteiger partial charge is 0.243 e. The van der Waals surface area contributed by atoms with Gasteiger partial charge in [0.2, 0.25) is 15.9 Å². The van der Waals surface area contributed by atoms with Crippen LogP contribution in [0.25, 0.3) is 10.9 Å². The number of anilines is 1. The van der Waals surface area contributed by atoms with Crippen molar-refractivity contribution in [1.29, 1.82) is 0 Å². The van der Waals surface area contributed by atoms with Gasteiger partial charge in [-0.15, -0.1) is 0 Å². The van der Waals surface area contributed by atoms with E-state index in [0.717, 1.165) is 38.7 Å². The first kappa shape index (κ1) is 18.8. The predicted molar refractivity (Wildman–Crippen MR) is 115 cm³/mol. The highest BCUT2D eigenvalue weighted by molar-refractivity contribution is 9.10. The van der Waals surface area contributed by atoms with E-state index in [1.807, 2.05) is 18.2 Å². The van der Waals surface area contributed by atoms with Crippen molar-refractivity contribution < 1.29 is 13.2 Å². The lowest BCUT2D eigenvalue weighted by molar-refractivity contribution is -0.117. The van der Waals surface area contributed by atoms with Gasteiger partial charge in [0.25, 0.3) is 0 Å². The van der Waals surface area contributed by atoms with Crippen molar-refractivity contribution in [2.24, 2.45) is 0 Å². The van der Waals surface area contributed by atoms with Crippen LogP contribution >= 0.6 is 15.9 Å². The molecule has 0 unspecified atom stereocenters. The number of carbonyl (C=O) groups excluding carboxylic acids is 1. The van der Waals surface area contributed by atoms with Crippen molar-refractivity contribution in [3.8, 4) is 0 Å². The van der Waals surface area contributed by atoms with E-state index in [9.17, 15) is 13.2 Å². The largest absolute Gasteiger partial charge is 0.357 e. The molecule has 0 radical (unpaired) electrons. The summed E-state index contributed by atoms with van der Waals surface area (Å²) in [6, 6.07) is 12.6. The van der Waals surface area contributed by atoms with Crippen molar-refractivity contribution in [3.05, 3.63) is 58.2 Å². The molecule has 1 aromatic heterocycles. The molecule has 0 saturated carbocycles. The molecule has 1 fully saturated rings. The third-order valence-corrected chi connectivity index (χ3v) is 8.30. The first-order chi connectivity index (χ1) is 13.9. The average Bonchev–Trinajstić information content (AvgIpc) is 3.32. The van der Waals surface area contributed by atoms with Crippen molar-refractivity contribution in [3.63, 3.8) is 0 Å². The summed E-state index contributed by atoms with van der Waals surface area (Å²) in [5.74, 6) is 0.0923. The van der Waals surface area contributed by atoms with Gasteiger partial charge in [0.15, 0.2) is 0 Å². The molecule has 0 atom stereocenters. The van der Waals surface area contributed by atoms with E-state index in [2.05, 4.69) is 20.9 Å². The Morgan fingerprint density at radius 1 is 1.00 bits per heavy atom. The number of nitrogens with zero attached hydrogens (tertiary/aromatic N) is 2. The van der Waals surface area contributed by atoms with Crippen LogP contribution in [-0.4, -0.2) is 36.7 Å². The third-order valence-electron chi connectivity index (χ3n) is 5.78. The number of carbonyl (C=O) groups is 1. The SMILES string of the molecule is O=C1CCCN1c1ccc(S(=O)(=O)N2CCc3[nH]c4c(Br)cccc4c3C2)cc1. The number of rotatable bonds is 3. The summed E-state index contributed by atoms with van der Waals surface area (Å²) < 4.78 is 29.0. The minimum absolute atomic E-state index is 0.0923. The van der Waals surface area contributed by atoms with E-state index < -0.39 is 10.0 Å². The molecule has 150 valence electrons. The van der Waals surface area contributed by atoms with E-state index in [1.54, 1.807) is 33.5 Å². The number of nitrogens with one attached hydrogen (secondary N) is 1. The Labute approximate surface area is 177 Å². The van der Waals surface area contributed by atoms with E-state index in [0.29, 0.717) is 32.5 Å². The van der Waals surface area contributed by atoms with Gasteiger partial charge < -0.3 is 9.88 Å². The zero-order valence-electron chi connectivity index (χ0n) is 15.7. The Morgan fingerprint density at radius 2 is 1.79 bits per heavy atom. The molecule has 2 aromatic carbocycles. The summed E-state index contributed by atoms with van der Waals surface area (Å²) in [6.07, 6.45) is 2.04. The number of amides is 1. The van der Waals surface area contributed by atoms with E-state index in [4.69, 9.17) is 0 Å². The van der Waals surface area contributed by atoms with Gasteiger partial charge in [-0.05, 0) is 58.2 Å². The Bertz CT molecular complexity index is 1220. The molecule has 0 aliphatic carbocycles. The number of hydrogen-bond donors (Lipinski definition) is 1. The zero-order valence-corrected chi connectivity index (χ0v) is 18.1. The highest BCUT2D eigenvalue weighted by atomic mass is 79.9.